The van der Waals surface area contributed by atoms with Gasteiger partial charge in [-0.2, -0.15) is 8.42 Å². The molecule has 0 bridgehead atoms. The Hall–Kier alpha value is -3.04. The highest BCUT2D eigenvalue weighted by molar-refractivity contribution is 7.81. The molecule has 38 heavy (non-hydrogen) atoms. The standard InChI is InChI=1S/C10H16O5.C9H14O5.C4H10O4S/c1-5-14-8(10(12)13-4)7(3)9(11)15-6-2;1-4-13-8(11)6(3)7(10)9(12)14-5-2;1-3-7-9(5,6)8-4-2/h5-6H2,1-4H3;6H,4-5H2,1-3H3;3-4H2,1-2H3/b8-7+;;. The van der Waals surface area contributed by atoms with Gasteiger partial charge in [-0.05, 0) is 55.4 Å². The van der Waals surface area contributed by atoms with Crippen LogP contribution in [0.5, 0.6) is 0 Å². The number of Topliss-reactive ketones (excluding diaryl/α,β-unsaturated/α-hetero) is 1. The predicted octanol–water partition coefficient (Wildman–Crippen LogP) is 1.66. The maximum absolute atomic E-state index is 11.3. The van der Waals surface area contributed by atoms with E-state index in [4.69, 9.17) is 9.47 Å². The van der Waals surface area contributed by atoms with Gasteiger partial charge in [0.15, 0.2) is 0 Å². The molecule has 0 saturated carbocycles. The van der Waals surface area contributed by atoms with Crippen molar-refractivity contribution in [2.45, 2.75) is 55.4 Å². The van der Waals surface area contributed by atoms with Gasteiger partial charge >= 0.3 is 34.3 Å². The minimum absolute atomic E-state index is 0.0987. The van der Waals surface area contributed by atoms with Crippen molar-refractivity contribution >= 4 is 40.1 Å². The number of ether oxygens (including phenoxy) is 5. The molecule has 0 radical (unpaired) electrons. The van der Waals surface area contributed by atoms with Crippen LogP contribution in [0.3, 0.4) is 0 Å². The third-order valence-electron chi connectivity index (χ3n) is 3.62. The molecule has 14 nitrogen and oxygen atoms in total. The summed E-state index contributed by atoms with van der Waals surface area (Å²) in [6.45, 7) is 13.6. The van der Waals surface area contributed by atoms with Crippen LogP contribution >= 0.6 is 0 Å². The average Bonchev–Trinajstić information content (AvgIpc) is 2.86. The quantitative estimate of drug-likeness (QED) is 0.0730. The first kappa shape index (κ1) is 39.5. The minimum atomic E-state index is -3.68. The van der Waals surface area contributed by atoms with Crippen molar-refractivity contribution in [2.24, 2.45) is 5.92 Å². The van der Waals surface area contributed by atoms with Gasteiger partial charge in [-0.25, -0.2) is 22.7 Å². The zero-order valence-electron chi connectivity index (χ0n) is 23.4. The molecule has 0 spiro atoms. The summed E-state index contributed by atoms with van der Waals surface area (Å²) in [5.41, 5.74) is 0.116. The molecule has 0 heterocycles. The lowest BCUT2D eigenvalue weighted by molar-refractivity contribution is -0.161. The molecule has 0 amide bonds. The third kappa shape index (κ3) is 18.2. The molecule has 0 saturated heterocycles. The number of hydrogen-bond donors (Lipinski definition) is 0. The van der Waals surface area contributed by atoms with Gasteiger partial charge in [-0.3, -0.25) is 9.59 Å². The fraction of sp³-hybridized carbons (Fsp3) is 0.696. The fourth-order valence-electron chi connectivity index (χ4n) is 1.97. The zero-order chi connectivity index (χ0) is 30.3. The van der Waals surface area contributed by atoms with E-state index in [-0.39, 0.29) is 51.0 Å². The molecule has 0 aliphatic carbocycles. The molecule has 1 atom stereocenters. The first-order valence-electron chi connectivity index (χ1n) is 11.7. The Balaban J connectivity index is -0.000000499. The van der Waals surface area contributed by atoms with E-state index in [1.165, 1.54) is 21.0 Å². The molecular formula is C23H40O14S. The van der Waals surface area contributed by atoms with E-state index in [1.54, 1.807) is 41.5 Å². The largest absolute Gasteiger partial charge is 0.486 e. The second-order valence-corrected chi connectivity index (χ2v) is 7.67. The number of hydrogen-bond acceptors (Lipinski definition) is 14. The smallest absolute Gasteiger partial charge is 0.399 e. The summed E-state index contributed by atoms with van der Waals surface area (Å²) in [4.78, 5) is 55.7. The van der Waals surface area contributed by atoms with E-state index in [2.05, 4.69) is 22.6 Å². The first-order valence-corrected chi connectivity index (χ1v) is 13.1. The Bertz CT molecular complexity index is 865. The molecule has 0 aromatic carbocycles. The van der Waals surface area contributed by atoms with E-state index in [9.17, 15) is 32.4 Å². The van der Waals surface area contributed by atoms with Gasteiger partial charge in [-0.15, -0.1) is 0 Å². The molecule has 0 fully saturated rings. The Morgan fingerprint density at radius 3 is 1.42 bits per heavy atom. The zero-order valence-corrected chi connectivity index (χ0v) is 24.3. The van der Waals surface area contributed by atoms with E-state index < -0.39 is 46.0 Å². The number of ketones is 1. The molecule has 0 aliphatic heterocycles. The molecule has 0 aliphatic rings. The van der Waals surface area contributed by atoms with Crippen LogP contribution in [0, 0.1) is 5.92 Å². The van der Waals surface area contributed by atoms with Crippen molar-refractivity contribution in [3.8, 4) is 0 Å². The topological polar surface area (TPSA) is 184 Å². The van der Waals surface area contributed by atoms with Crippen LogP contribution in [0.25, 0.3) is 0 Å². The van der Waals surface area contributed by atoms with Gasteiger partial charge in [0.05, 0.1) is 52.3 Å². The van der Waals surface area contributed by atoms with Crippen molar-refractivity contribution in [3.05, 3.63) is 11.3 Å². The van der Waals surface area contributed by atoms with E-state index in [0.717, 1.165) is 0 Å². The highest BCUT2D eigenvalue weighted by Gasteiger charge is 2.29. The van der Waals surface area contributed by atoms with E-state index >= 15 is 0 Å². The Morgan fingerprint density at radius 2 is 1.05 bits per heavy atom. The van der Waals surface area contributed by atoms with Gasteiger partial charge in [0.1, 0.15) is 5.92 Å². The highest BCUT2D eigenvalue weighted by Crippen LogP contribution is 2.10. The second kappa shape index (κ2) is 23.1. The summed E-state index contributed by atoms with van der Waals surface area (Å²) in [6.07, 6.45) is 0. The Kier molecular flexibility index (Phi) is 24.0. The summed E-state index contributed by atoms with van der Waals surface area (Å²) in [5.74, 6) is -5.01. The lowest BCUT2D eigenvalue weighted by Gasteiger charge is -2.09. The lowest BCUT2D eigenvalue weighted by atomic mass is 10.1. The maximum Gasteiger partial charge on any atom is 0.399 e. The summed E-state index contributed by atoms with van der Waals surface area (Å²) in [6, 6.07) is 0. The Labute approximate surface area is 224 Å². The molecule has 222 valence electrons. The normalized spacial score (nSPS) is 11.6. The Morgan fingerprint density at radius 1 is 0.632 bits per heavy atom. The van der Waals surface area contributed by atoms with Crippen molar-refractivity contribution in [1.29, 1.82) is 0 Å². The molecular weight excluding hydrogens is 532 g/mol. The van der Waals surface area contributed by atoms with Gasteiger partial charge in [0, 0.05) is 0 Å². The first-order chi connectivity index (χ1) is 17.7. The molecule has 0 N–H and O–H groups in total. The summed E-state index contributed by atoms with van der Waals surface area (Å²) < 4.78 is 52.5. The van der Waals surface area contributed by atoms with Gasteiger partial charge in [0.2, 0.25) is 5.76 Å². The highest BCUT2D eigenvalue weighted by atomic mass is 32.3. The number of carbonyl (C=O) groups excluding carboxylic acids is 5. The molecule has 1 unspecified atom stereocenters. The number of carbonyl (C=O) groups is 5. The van der Waals surface area contributed by atoms with Crippen LogP contribution in [0.2, 0.25) is 0 Å². The van der Waals surface area contributed by atoms with E-state index in [0.29, 0.717) is 0 Å². The third-order valence-corrected chi connectivity index (χ3v) is 4.66. The summed E-state index contributed by atoms with van der Waals surface area (Å²) >= 11 is 0. The van der Waals surface area contributed by atoms with Crippen LogP contribution in [0.4, 0.5) is 0 Å². The fourth-order valence-corrected chi connectivity index (χ4v) is 2.61. The van der Waals surface area contributed by atoms with Crippen molar-refractivity contribution in [1.82, 2.24) is 0 Å². The predicted molar refractivity (Wildman–Crippen MR) is 133 cm³/mol. The van der Waals surface area contributed by atoms with Crippen LogP contribution in [0.1, 0.15) is 55.4 Å². The lowest BCUT2D eigenvalue weighted by Crippen LogP contribution is -2.30. The SMILES string of the molecule is CCOC(=O)/C(C)=C(/OCC)C(=O)OC.CCOC(=O)C(=O)C(C)C(=O)OCC.CCOS(=O)(=O)OCC. The number of methoxy groups -OCH3 is 1. The summed E-state index contributed by atoms with van der Waals surface area (Å²) in [7, 11) is -2.46. The van der Waals surface area contributed by atoms with E-state index in [1.807, 2.05) is 0 Å². The molecule has 0 aromatic heterocycles. The molecule has 0 aromatic rings. The molecule has 0 rings (SSSR count). The van der Waals surface area contributed by atoms with Crippen LogP contribution in [-0.2, 0) is 66.4 Å². The second-order valence-electron chi connectivity index (χ2n) is 6.38. The minimum Gasteiger partial charge on any atom is -0.486 e. The van der Waals surface area contributed by atoms with Gasteiger partial charge < -0.3 is 23.7 Å². The van der Waals surface area contributed by atoms with Crippen LogP contribution in [-0.4, -0.2) is 84.8 Å². The van der Waals surface area contributed by atoms with Crippen molar-refractivity contribution in [3.63, 3.8) is 0 Å². The number of esters is 4. The average molecular weight is 573 g/mol. The van der Waals surface area contributed by atoms with Crippen molar-refractivity contribution < 1.29 is 64.4 Å². The van der Waals surface area contributed by atoms with Crippen LogP contribution < -0.4 is 0 Å². The van der Waals surface area contributed by atoms with Crippen LogP contribution in [0.15, 0.2) is 11.3 Å². The van der Waals surface area contributed by atoms with Gasteiger partial charge in [0.25, 0.3) is 5.78 Å². The van der Waals surface area contributed by atoms with Crippen molar-refractivity contribution in [2.75, 3.05) is 46.8 Å². The maximum atomic E-state index is 11.3. The molecule has 15 heteroatoms. The number of rotatable bonds is 14. The summed E-state index contributed by atoms with van der Waals surface area (Å²) in [5, 5.41) is 0. The van der Waals surface area contributed by atoms with Gasteiger partial charge in [-0.1, -0.05) is 0 Å². The monoisotopic (exact) mass is 572 g/mol.